The lowest BCUT2D eigenvalue weighted by Crippen LogP contribution is -2.52. The Kier molecular flexibility index (Phi) is 6.29. The Hall–Kier alpha value is -2.28. The number of hydrogen-bond donors (Lipinski definition) is 1. The summed E-state index contributed by atoms with van der Waals surface area (Å²) in [5.74, 6) is 0. The van der Waals surface area contributed by atoms with Gasteiger partial charge in [0.1, 0.15) is 0 Å². The van der Waals surface area contributed by atoms with Gasteiger partial charge in [0.25, 0.3) is 0 Å². The zero-order chi connectivity index (χ0) is 25.0. The molecule has 0 amide bonds. The maximum Gasteiger partial charge on any atom is 0.511 e. The first kappa shape index (κ1) is 25.3. The minimum Gasteiger partial charge on any atom is -0.361 e. The third-order valence-corrected chi connectivity index (χ3v) is 7.35. The van der Waals surface area contributed by atoms with Gasteiger partial charge in [-0.25, -0.2) is 13.4 Å². The van der Waals surface area contributed by atoms with E-state index < -0.39 is 51.8 Å². The van der Waals surface area contributed by atoms with Crippen molar-refractivity contribution in [3.63, 3.8) is 0 Å². The van der Waals surface area contributed by atoms with Crippen molar-refractivity contribution in [2.45, 2.75) is 58.5 Å². The molecular formula is C20H24F6N4O2S. The Balaban J connectivity index is 2.29. The van der Waals surface area contributed by atoms with Crippen molar-refractivity contribution in [3.05, 3.63) is 47.0 Å². The normalized spacial score (nSPS) is 18.8. The Bertz CT molecular complexity index is 1110. The van der Waals surface area contributed by atoms with Gasteiger partial charge in [0, 0.05) is 31.0 Å². The molecule has 6 nitrogen and oxygen atoms in total. The molecule has 0 spiro atoms. The van der Waals surface area contributed by atoms with Crippen molar-refractivity contribution in [1.29, 1.82) is 0 Å². The number of aromatic nitrogens is 2. The van der Waals surface area contributed by atoms with E-state index in [1.807, 2.05) is 0 Å². The van der Waals surface area contributed by atoms with Crippen LogP contribution in [0.1, 0.15) is 43.2 Å². The van der Waals surface area contributed by atoms with E-state index in [9.17, 15) is 34.8 Å². The van der Waals surface area contributed by atoms with Gasteiger partial charge in [-0.15, -0.1) is 0 Å². The first-order valence-electron chi connectivity index (χ1n) is 9.94. The molecule has 1 aromatic carbocycles. The lowest BCUT2D eigenvalue weighted by Gasteiger charge is -2.42. The van der Waals surface area contributed by atoms with Crippen molar-refractivity contribution in [2.24, 2.45) is 5.41 Å². The SMILES string of the molecule is Cc1c(C(F)(F)F)ccc2c1CN(S(=O)(=O)C(F)(F)F)C[C@H](C(C)(C)C)N2Cc1cnc[nH]1. The highest BCUT2D eigenvalue weighted by molar-refractivity contribution is 7.89. The number of H-pyrrole nitrogens is 1. The van der Waals surface area contributed by atoms with Gasteiger partial charge in [0.2, 0.25) is 0 Å². The molecule has 0 saturated carbocycles. The zero-order valence-electron chi connectivity index (χ0n) is 18.3. The first-order valence-corrected chi connectivity index (χ1v) is 11.4. The standard InChI is InChI=1S/C20H24F6N4O2S/c1-12-14-9-29(33(31,32)20(24,25)26)10-17(18(2,3)4)30(8-13-7-27-11-28-13)16(14)6-5-15(12)19(21,22)23/h5-7,11,17H,8-10H2,1-4H3,(H,27,28)/t17-/m1/s1. The molecule has 0 fully saturated rings. The van der Waals surface area contributed by atoms with Crippen LogP contribution in [0, 0.1) is 12.3 Å². The lowest BCUT2D eigenvalue weighted by molar-refractivity contribution is -0.138. The van der Waals surface area contributed by atoms with E-state index in [0.717, 1.165) is 13.0 Å². The van der Waals surface area contributed by atoms with Crippen LogP contribution in [0.25, 0.3) is 0 Å². The minimum absolute atomic E-state index is 0.0830. The molecule has 0 saturated heterocycles. The van der Waals surface area contributed by atoms with Crippen molar-refractivity contribution < 1.29 is 34.8 Å². The van der Waals surface area contributed by atoms with Gasteiger partial charge >= 0.3 is 21.7 Å². The summed E-state index contributed by atoms with van der Waals surface area (Å²) in [5.41, 5.74) is -6.98. The number of halogens is 6. The molecule has 1 atom stereocenters. The van der Waals surface area contributed by atoms with Crippen LogP contribution in [0.15, 0.2) is 24.7 Å². The molecule has 0 bridgehead atoms. The van der Waals surface area contributed by atoms with Crippen LogP contribution in [0.5, 0.6) is 0 Å². The average Bonchev–Trinajstić information content (AvgIpc) is 3.08. The third-order valence-electron chi connectivity index (χ3n) is 5.80. The number of alkyl halides is 6. The number of nitrogens with one attached hydrogen (secondary N) is 1. The fraction of sp³-hybridized carbons (Fsp3) is 0.550. The molecule has 1 aliphatic heterocycles. The van der Waals surface area contributed by atoms with Crippen LogP contribution < -0.4 is 4.90 Å². The summed E-state index contributed by atoms with van der Waals surface area (Å²) in [5, 5.41) is 0. The molecular weight excluding hydrogens is 474 g/mol. The number of imidazole rings is 1. The second-order valence-electron chi connectivity index (χ2n) is 9.06. The summed E-state index contributed by atoms with van der Waals surface area (Å²) >= 11 is 0. The van der Waals surface area contributed by atoms with Gasteiger partial charge in [0.05, 0.1) is 24.1 Å². The van der Waals surface area contributed by atoms with Gasteiger partial charge in [-0.1, -0.05) is 20.8 Å². The second kappa shape index (κ2) is 8.19. The Morgan fingerprint density at radius 2 is 1.76 bits per heavy atom. The number of nitrogens with zero attached hydrogens (tertiary/aromatic N) is 3. The monoisotopic (exact) mass is 498 g/mol. The van der Waals surface area contributed by atoms with Crippen LogP contribution in [0.2, 0.25) is 0 Å². The Morgan fingerprint density at radius 1 is 1.12 bits per heavy atom. The van der Waals surface area contributed by atoms with Crippen molar-refractivity contribution in [2.75, 3.05) is 11.4 Å². The van der Waals surface area contributed by atoms with Gasteiger partial charge < -0.3 is 9.88 Å². The number of hydrogen-bond acceptors (Lipinski definition) is 4. The predicted octanol–water partition coefficient (Wildman–Crippen LogP) is 4.82. The number of fused-ring (bicyclic) bond motifs is 1. The first-order chi connectivity index (χ1) is 14.9. The van der Waals surface area contributed by atoms with Crippen molar-refractivity contribution >= 4 is 15.7 Å². The van der Waals surface area contributed by atoms with E-state index in [0.29, 0.717) is 5.69 Å². The topological polar surface area (TPSA) is 69.3 Å². The van der Waals surface area contributed by atoms with Crippen LogP contribution in [-0.4, -0.2) is 40.8 Å². The summed E-state index contributed by atoms with van der Waals surface area (Å²) in [7, 11) is -5.80. The van der Waals surface area contributed by atoms with E-state index in [2.05, 4.69) is 9.97 Å². The fourth-order valence-electron chi connectivity index (χ4n) is 4.04. The number of benzene rings is 1. The van der Waals surface area contributed by atoms with Gasteiger partial charge in [0.15, 0.2) is 0 Å². The van der Waals surface area contributed by atoms with E-state index in [-0.39, 0.29) is 27.7 Å². The maximum atomic E-state index is 13.6. The Labute approximate surface area is 187 Å². The van der Waals surface area contributed by atoms with Crippen LogP contribution >= 0.6 is 0 Å². The van der Waals surface area contributed by atoms with Gasteiger partial charge in [-0.05, 0) is 35.6 Å². The molecule has 0 unspecified atom stereocenters. The smallest absolute Gasteiger partial charge is 0.361 e. The zero-order valence-corrected chi connectivity index (χ0v) is 19.2. The van der Waals surface area contributed by atoms with Gasteiger partial charge in [-0.3, -0.25) is 0 Å². The third kappa shape index (κ3) is 4.84. The van der Waals surface area contributed by atoms with Crippen LogP contribution in [0.4, 0.5) is 32.0 Å². The molecule has 33 heavy (non-hydrogen) atoms. The van der Waals surface area contributed by atoms with E-state index >= 15 is 0 Å². The fourth-order valence-corrected chi connectivity index (χ4v) is 4.97. The number of rotatable bonds is 3. The summed E-state index contributed by atoms with van der Waals surface area (Å²) in [6.07, 6.45) is -1.86. The van der Waals surface area contributed by atoms with E-state index in [1.54, 1.807) is 25.7 Å². The van der Waals surface area contributed by atoms with E-state index in [4.69, 9.17) is 0 Å². The molecule has 0 aliphatic carbocycles. The second-order valence-corrected chi connectivity index (χ2v) is 11.0. The molecule has 0 radical (unpaired) electrons. The largest absolute Gasteiger partial charge is 0.511 e. The summed E-state index contributed by atoms with van der Waals surface area (Å²) < 4.78 is 106. The maximum absolute atomic E-state index is 13.6. The molecule has 1 aromatic heterocycles. The molecule has 3 rings (SSSR count). The minimum atomic E-state index is -5.80. The highest BCUT2D eigenvalue weighted by Gasteiger charge is 2.52. The molecule has 184 valence electrons. The highest BCUT2D eigenvalue weighted by Crippen LogP contribution is 2.43. The molecule has 1 N–H and O–H groups in total. The summed E-state index contributed by atoms with van der Waals surface area (Å²) in [6.45, 7) is 5.03. The molecule has 2 heterocycles. The molecule has 13 heteroatoms. The van der Waals surface area contributed by atoms with Crippen LogP contribution in [0.3, 0.4) is 0 Å². The van der Waals surface area contributed by atoms with Crippen molar-refractivity contribution in [3.8, 4) is 0 Å². The molecule has 1 aliphatic rings. The number of sulfonamides is 1. The highest BCUT2D eigenvalue weighted by atomic mass is 32.2. The van der Waals surface area contributed by atoms with E-state index in [1.165, 1.54) is 18.6 Å². The average molecular weight is 498 g/mol. The van der Waals surface area contributed by atoms with Crippen LogP contribution in [-0.2, 0) is 29.3 Å². The van der Waals surface area contributed by atoms with Gasteiger partial charge in [-0.2, -0.15) is 30.6 Å². The predicted molar refractivity (Wildman–Crippen MR) is 110 cm³/mol. The van der Waals surface area contributed by atoms with Crippen molar-refractivity contribution in [1.82, 2.24) is 14.3 Å². The summed E-state index contributed by atoms with van der Waals surface area (Å²) in [4.78, 5) is 8.45. The molecule has 2 aromatic rings. The number of aromatic amines is 1. The lowest BCUT2D eigenvalue weighted by atomic mass is 9.85. The number of anilines is 1. The summed E-state index contributed by atoms with van der Waals surface area (Å²) in [6, 6.07) is 1.28. The quantitative estimate of drug-likeness (QED) is 0.616. The Morgan fingerprint density at radius 3 is 2.24 bits per heavy atom.